The molecule has 0 amide bonds. The van der Waals surface area contributed by atoms with Crippen LogP contribution in [0.25, 0.3) is 0 Å². The van der Waals surface area contributed by atoms with Gasteiger partial charge < -0.3 is 19.5 Å². The minimum absolute atomic E-state index is 0.0725. The summed E-state index contributed by atoms with van der Waals surface area (Å²) in [7, 11) is -0.397. The van der Waals surface area contributed by atoms with Gasteiger partial charge in [0.15, 0.2) is 6.79 Å². The molecule has 1 rings (SSSR count). The van der Waals surface area contributed by atoms with Gasteiger partial charge in [0.2, 0.25) is 5.95 Å². The van der Waals surface area contributed by atoms with E-state index < -0.39 is 13.1 Å². The Labute approximate surface area is 80.3 Å². The van der Waals surface area contributed by atoms with Crippen LogP contribution in [0.5, 0.6) is 5.75 Å². The van der Waals surface area contributed by atoms with Crippen LogP contribution in [0.1, 0.15) is 0 Å². The van der Waals surface area contributed by atoms with Gasteiger partial charge in [-0.1, -0.05) is 0 Å². The molecule has 76 valence electrons. The van der Waals surface area contributed by atoms with Crippen LogP contribution in [-0.4, -0.2) is 36.1 Å². The average molecular weight is 201 g/mol. The molecule has 0 aliphatic carbocycles. The van der Waals surface area contributed by atoms with E-state index in [4.69, 9.17) is 14.8 Å². The number of methoxy groups -OCH3 is 1. The third-order valence-corrected chi connectivity index (χ3v) is 1.47. The zero-order valence-electron chi connectivity index (χ0n) is 7.48. The molecule has 2 N–H and O–H groups in total. The lowest BCUT2D eigenvalue weighted by Gasteiger charge is -2.09. The summed E-state index contributed by atoms with van der Waals surface area (Å²) in [5.74, 6) is -0.735. The number of ether oxygens (including phenoxy) is 2. The van der Waals surface area contributed by atoms with Crippen LogP contribution < -0.4 is 10.2 Å². The molecule has 0 aliphatic heterocycles. The van der Waals surface area contributed by atoms with Crippen molar-refractivity contribution in [2.75, 3.05) is 13.9 Å². The van der Waals surface area contributed by atoms with Crippen LogP contribution in [0.3, 0.4) is 0 Å². The van der Waals surface area contributed by atoms with Crippen molar-refractivity contribution in [2.45, 2.75) is 0 Å². The van der Waals surface area contributed by atoms with E-state index in [1.165, 1.54) is 7.11 Å². The maximum atomic E-state index is 12.6. The van der Waals surface area contributed by atoms with Gasteiger partial charge in [-0.25, -0.2) is 4.98 Å². The topological polar surface area (TPSA) is 71.8 Å². The van der Waals surface area contributed by atoms with E-state index in [1.807, 2.05) is 0 Å². The number of halogens is 1. The molecule has 0 fully saturated rings. The highest BCUT2D eigenvalue weighted by atomic mass is 19.1. The second kappa shape index (κ2) is 4.89. The molecule has 1 aromatic heterocycles. The van der Waals surface area contributed by atoms with Crippen LogP contribution in [-0.2, 0) is 4.74 Å². The molecule has 0 aliphatic rings. The molecular formula is C7H9BFNO4. The molecule has 0 bridgehead atoms. The monoisotopic (exact) mass is 201 g/mol. The minimum atomic E-state index is -1.81. The first kappa shape index (κ1) is 10.9. The maximum absolute atomic E-state index is 12.6. The Morgan fingerprint density at radius 2 is 2.29 bits per heavy atom. The Bertz CT molecular complexity index is 310. The molecule has 14 heavy (non-hydrogen) atoms. The average Bonchev–Trinajstić information content (AvgIpc) is 2.15. The van der Waals surface area contributed by atoms with Crippen LogP contribution in [0.4, 0.5) is 4.39 Å². The molecule has 7 heteroatoms. The Balaban J connectivity index is 2.90. The van der Waals surface area contributed by atoms with Gasteiger partial charge >= 0.3 is 7.12 Å². The normalized spacial score (nSPS) is 10.0. The molecule has 0 saturated carbocycles. The van der Waals surface area contributed by atoms with E-state index in [-0.39, 0.29) is 18.0 Å². The van der Waals surface area contributed by atoms with Crippen molar-refractivity contribution in [1.29, 1.82) is 0 Å². The van der Waals surface area contributed by atoms with Crippen LogP contribution in [0, 0.1) is 5.95 Å². The van der Waals surface area contributed by atoms with Crippen molar-refractivity contribution in [1.82, 2.24) is 4.98 Å². The molecule has 0 atom stereocenters. The Morgan fingerprint density at radius 3 is 2.86 bits per heavy atom. The summed E-state index contributed by atoms with van der Waals surface area (Å²) in [6.07, 6.45) is 1.06. The SMILES string of the molecule is COCOc1cnc(F)cc1B(O)O. The zero-order chi connectivity index (χ0) is 10.6. The van der Waals surface area contributed by atoms with Crippen molar-refractivity contribution >= 4 is 12.6 Å². The van der Waals surface area contributed by atoms with Crippen LogP contribution >= 0.6 is 0 Å². The Kier molecular flexibility index (Phi) is 3.81. The lowest BCUT2D eigenvalue weighted by molar-refractivity contribution is 0.0513. The van der Waals surface area contributed by atoms with Gasteiger partial charge in [-0.05, 0) is 6.07 Å². The standard InChI is InChI=1S/C7H9BFNO4/c1-13-4-14-6-3-10-7(9)2-5(6)8(11)12/h2-3,11-12H,4H2,1H3. The fourth-order valence-electron chi connectivity index (χ4n) is 0.876. The summed E-state index contributed by atoms with van der Waals surface area (Å²) in [5, 5.41) is 17.7. The van der Waals surface area contributed by atoms with Gasteiger partial charge in [0.25, 0.3) is 0 Å². The van der Waals surface area contributed by atoms with Gasteiger partial charge in [-0.15, -0.1) is 0 Å². The summed E-state index contributed by atoms with van der Waals surface area (Å²) in [4.78, 5) is 3.31. The van der Waals surface area contributed by atoms with E-state index in [0.717, 1.165) is 12.3 Å². The number of rotatable bonds is 4. The van der Waals surface area contributed by atoms with Gasteiger partial charge in [-0.3, -0.25) is 0 Å². The largest absolute Gasteiger partial charge is 0.492 e. The van der Waals surface area contributed by atoms with Gasteiger partial charge in [0.1, 0.15) is 5.75 Å². The van der Waals surface area contributed by atoms with Gasteiger partial charge in [0.05, 0.1) is 6.20 Å². The first-order valence-electron chi connectivity index (χ1n) is 3.78. The van der Waals surface area contributed by atoms with Gasteiger partial charge in [-0.2, -0.15) is 4.39 Å². The highest BCUT2D eigenvalue weighted by Gasteiger charge is 2.18. The van der Waals surface area contributed by atoms with Crippen LogP contribution in [0.15, 0.2) is 12.3 Å². The Hall–Kier alpha value is -1.18. The highest BCUT2D eigenvalue weighted by Crippen LogP contribution is 2.06. The second-order valence-corrected chi connectivity index (χ2v) is 2.47. The third kappa shape index (κ3) is 2.66. The molecular weight excluding hydrogens is 192 g/mol. The second-order valence-electron chi connectivity index (χ2n) is 2.47. The molecule has 5 nitrogen and oxygen atoms in total. The quantitative estimate of drug-likeness (QED) is 0.367. The smallest absolute Gasteiger partial charge is 0.466 e. The molecule has 0 radical (unpaired) electrons. The van der Waals surface area contributed by atoms with Crippen molar-refractivity contribution < 1.29 is 23.9 Å². The lowest BCUT2D eigenvalue weighted by atomic mass is 9.80. The van der Waals surface area contributed by atoms with Gasteiger partial charge in [0, 0.05) is 12.6 Å². The number of pyridine rings is 1. The van der Waals surface area contributed by atoms with E-state index in [2.05, 4.69) is 9.72 Å². The Morgan fingerprint density at radius 1 is 1.57 bits per heavy atom. The number of hydrogen-bond donors (Lipinski definition) is 2. The summed E-state index contributed by atoms with van der Waals surface area (Å²) < 4.78 is 22.1. The summed E-state index contributed by atoms with van der Waals surface area (Å²) >= 11 is 0. The first-order chi connectivity index (χ1) is 6.65. The molecule has 1 heterocycles. The molecule has 0 saturated heterocycles. The van der Waals surface area contributed by atoms with Crippen molar-refractivity contribution in [3.05, 3.63) is 18.2 Å². The zero-order valence-corrected chi connectivity index (χ0v) is 7.48. The van der Waals surface area contributed by atoms with E-state index in [1.54, 1.807) is 0 Å². The summed E-state index contributed by atoms with van der Waals surface area (Å²) in [5.41, 5.74) is -0.0884. The lowest BCUT2D eigenvalue weighted by Crippen LogP contribution is -2.32. The van der Waals surface area contributed by atoms with Crippen LogP contribution in [0.2, 0.25) is 0 Å². The van der Waals surface area contributed by atoms with Crippen molar-refractivity contribution in [3.63, 3.8) is 0 Å². The number of aromatic nitrogens is 1. The molecule has 0 spiro atoms. The summed E-state index contributed by atoms with van der Waals surface area (Å²) in [6, 6.07) is 0.885. The highest BCUT2D eigenvalue weighted by molar-refractivity contribution is 6.59. The van der Waals surface area contributed by atoms with Crippen molar-refractivity contribution in [3.8, 4) is 5.75 Å². The fourth-order valence-corrected chi connectivity index (χ4v) is 0.876. The predicted molar refractivity (Wildman–Crippen MR) is 46.5 cm³/mol. The fraction of sp³-hybridized carbons (Fsp3) is 0.286. The molecule has 0 aromatic carbocycles. The molecule has 0 unspecified atom stereocenters. The number of hydrogen-bond acceptors (Lipinski definition) is 5. The van der Waals surface area contributed by atoms with Crippen molar-refractivity contribution in [2.24, 2.45) is 0 Å². The maximum Gasteiger partial charge on any atom is 0.492 e. The third-order valence-electron chi connectivity index (χ3n) is 1.47. The predicted octanol–water partition coefficient (Wildman–Crippen LogP) is -1.12. The first-order valence-corrected chi connectivity index (χ1v) is 3.78. The van der Waals surface area contributed by atoms with E-state index in [9.17, 15) is 4.39 Å². The van der Waals surface area contributed by atoms with E-state index in [0.29, 0.717) is 0 Å². The minimum Gasteiger partial charge on any atom is -0.466 e. The van der Waals surface area contributed by atoms with E-state index >= 15 is 0 Å². The molecule has 1 aromatic rings. The summed E-state index contributed by atoms with van der Waals surface area (Å²) in [6.45, 7) is -0.0764. The number of nitrogens with zero attached hydrogens (tertiary/aromatic N) is 1.